The highest BCUT2D eigenvalue weighted by Crippen LogP contribution is 2.30. The molecule has 1 amide bonds. The van der Waals surface area contributed by atoms with Crippen LogP contribution < -0.4 is 5.32 Å². The van der Waals surface area contributed by atoms with Crippen molar-refractivity contribution >= 4 is 17.4 Å². The Morgan fingerprint density at radius 1 is 1.73 bits per heavy atom. The maximum absolute atomic E-state index is 11.2. The molecule has 0 bridgehead atoms. The number of amides is 1. The minimum atomic E-state index is -0.842. The maximum Gasteiger partial charge on any atom is 0.408 e. The average molecular weight is 226 g/mol. The van der Waals surface area contributed by atoms with Gasteiger partial charge in [-0.15, -0.1) is 0 Å². The number of carbonyl (C=O) groups is 1. The van der Waals surface area contributed by atoms with Gasteiger partial charge in [-0.3, -0.25) is 4.90 Å². The second-order valence-corrected chi connectivity index (χ2v) is 4.68. The molecule has 1 aliphatic rings. The monoisotopic (exact) mass is 226 g/mol. The highest BCUT2D eigenvalue weighted by atomic mass is 32.1. The van der Waals surface area contributed by atoms with E-state index in [-0.39, 0.29) is 0 Å². The molecular formula is C10H14N2O2S. The lowest BCUT2D eigenvalue weighted by molar-refractivity contribution is 0.0654. The third-order valence-corrected chi connectivity index (χ3v) is 3.63. The summed E-state index contributed by atoms with van der Waals surface area (Å²) in [6.07, 6.45) is -0.842. The Labute approximate surface area is 92.5 Å². The molecule has 0 spiro atoms. The normalized spacial score (nSPS) is 26.6. The van der Waals surface area contributed by atoms with Crippen LogP contribution in [-0.2, 0) is 5.54 Å². The molecule has 0 aliphatic carbocycles. The summed E-state index contributed by atoms with van der Waals surface area (Å²) in [6.45, 7) is 3.92. The maximum atomic E-state index is 11.2. The van der Waals surface area contributed by atoms with E-state index in [1.54, 1.807) is 11.3 Å². The quantitative estimate of drug-likeness (QED) is 0.764. The number of rotatable bonds is 1. The molecule has 1 fully saturated rings. The molecule has 4 nitrogen and oxygen atoms in total. The number of hydrogen-bond acceptors (Lipinski definition) is 3. The van der Waals surface area contributed by atoms with Gasteiger partial charge in [0.05, 0.1) is 5.54 Å². The van der Waals surface area contributed by atoms with Gasteiger partial charge in [-0.05, 0) is 29.3 Å². The van der Waals surface area contributed by atoms with E-state index >= 15 is 0 Å². The molecule has 2 N–H and O–H groups in total. The molecule has 1 atom stereocenters. The summed E-state index contributed by atoms with van der Waals surface area (Å²) in [5.41, 5.74) is 0.645. The minimum absolute atomic E-state index is 0.427. The van der Waals surface area contributed by atoms with Crippen LogP contribution in [0.4, 0.5) is 4.79 Å². The van der Waals surface area contributed by atoms with Crippen LogP contribution in [0.1, 0.15) is 12.5 Å². The summed E-state index contributed by atoms with van der Waals surface area (Å²) < 4.78 is 0. The standard InChI is InChI=1S/C10H14N2O2S/c1-10(8-2-5-15-6-8)7-11-3-4-12(10)9(13)14/h2,5-6,11H,3-4,7H2,1H3,(H,13,14). The summed E-state index contributed by atoms with van der Waals surface area (Å²) in [7, 11) is 0. The second kappa shape index (κ2) is 3.83. The minimum Gasteiger partial charge on any atom is -0.465 e. The van der Waals surface area contributed by atoms with Gasteiger partial charge in [-0.1, -0.05) is 0 Å². The zero-order chi connectivity index (χ0) is 10.9. The van der Waals surface area contributed by atoms with E-state index in [1.165, 1.54) is 4.90 Å². The van der Waals surface area contributed by atoms with Crippen molar-refractivity contribution in [2.75, 3.05) is 19.6 Å². The van der Waals surface area contributed by atoms with Crippen molar-refractivity contribution in [3.8, 4) is 0 Å². The summed E-state index contributed by atoms with van der Waals surface area (Å²) in [6, 6.07) is 1.99. The van der Waals surface area contributed by atoms with E-state index in [1.807, 2.05) is 23.8 Å². The van der Waals surface area contributed by atoms with E-state index in [2.05, 4.69) is 5.32 Å². The second-order valence-electron chi connectivity index (χ2n) is 3.90. The number of nitrogens with zero attached hydrogens (tertiary/aromatic N) is 1. The first kappa shape index (κ1) is 10.4. The van der Waals surface area contributed by atoms with Crippen LogP contribution in [0.3, 0.4) is 0 Å². The molecule has 15 heavy (non-hydrogen) atoms. The van der Waals surface area contributed by atoms with E-state index in [9.17, 15) is 9.90 Å². The number of carboxylic acid groups (broad SMARTS) is 1. The lowest BCUT2D eigenvalue weighted by atomic mass is 9.91. The first-order valence-electron chi connectivity index (χ1n) is 4.88. The summed E-state index contributed by atoms with van der Waals surface area (Å²) in [5, 5.41) is 16.4. The van der Waals surface area contributed by atoms with Crippen molar-refractivity contribution in [2.45, 2.75) is 12.5 Å². The van der Waals surface area contributed by atoms with Gasteiger partial charge in [0, 0.05) is 19.6 Å². The lowest BCUT2D eigenvalue weighted by Gasteiger charge is -2.43. The van der Waals surface area contributed by atoms with Gasteiger partial charge < -0.3 is 10.4 Å². The average Bonchev–Trinajstić information content (AvgIpc) is 2.71. The van der Waals surface area contributed by atoms with Crippen molar-refractivity contribution < 1.29 is 9.90 Å². The van der Waals surface area contributed by atoms with E-state index in [0.717, 1.165) is 12.1 Å². The van der Waals surface area contributed by atoms with Crippen LogP contribution in [0.15, 0.2) is 16.8 Å². The zero-order valence-corrected chi connectivity index (χ0v) is 9.38. The molecule has 0 aromatic carbocycles. The number of nitrogens with one attached hydrogen (secondary N) is 1. The van der Waals surface area contributed by atoms with E-state index < -0.39 is 11.6 Å². The predicted octanol–water partition coefficient (Wildman–Crippen LogP) is 1.55. The Hall–Kier alpha value is -1.07. The van der Waals surface area contributed by atoms with Crippen LogP contribution in [0.2, 0.25) is 0 Å². The van der Waals surface area contributed by atoms with Crippen LogP contribution in [0.25, 0.3) is 0 Å². The van der Waals surface area contributed by atoms with Gasteiger partial charge in [0.25, 0.3) is 0 Å². The SMILES string of the molecule is CC1(c2ccsc2)CNCCN1C(=O)O. The Balaban J connectivity index is 2.34. The van der Waals surface area contributed by atoms with Gasteiger partial charge in [0.1, 0.15) is 0 Å². The molecule has 1 aromatic heterocycles. The molecular weight excluding hydrogens is 212 g/mol. The number of hydrogen-bond donors (Lipinski definition) is 2. The Kier molecular flexibility index (Phi) is 2.67. The molecule has 2 heterocycles. The third-order valence-electron chi connectivity index (χ3n) is 2.95. The largest absolute Gasteiger partial charge is 0.465 e. The predicted molar refractivity (Wildman–Crippen MR) is 59.3 cm³/mol. The molecule has 5 heteroatoms. The van der Waals surface area contributed by atoms with Gasteiger partial charge >= 0.3 is 6.09 Å². The fraction of sp³-hybridized carbons (Fsp3) is 0.500. The first-order chi connectivity index (χ1) is 7.14. The fourth-order valence-corrected chi connectivity index (χ4v) is 2.78. The molecule has 1 aliphatic heterocycles. The first-order valence-corrected chi connectivity index (χ1v) is 5.83. The Bertz CT molecular complexity index is 352. The summed E-state index contributed by atoms with van der Waals surface area (Å²) in [4.78, 5) is 12.7. The van der Waals surface area contributed by atoms with Gasteiger partial charge in [0.15, 0.2) is 0 Å². The van der Waals surface area contributed by atoms with Crippen molar-refractivity contribution in [2.24, 2.45) is 0 Å². The molecule has 0 saturated carbocycles. The summed E-state index contributed by atoms with van der Waals surface area (Å²) in [5.74, 6) is 0. The summed E-state index contributed by atoms with van der Waals surface area (Å²) >= 11 is 1.60. The molecule has 82 valence electrons. The van der Waals surface area contributed by atoms with Crippen molar-refractivity contribution in [1.82, 2.24) is 10.2 Å². The lowest BCUT2D eigenvalue weighted by Crippen LogP contribution is -2.59. The zero-order valence-electron chi connectivity index (χ0n) is 8.56. The molecule has 1 aromatic rings. The van der Waals surface area contributed by atoms with E-state index in [4.69, 9.17) is 0 Å². The van der Waals surface area contributed by atoms with Crippen molar-refractivity contribution in [3.05, 3.63) is 22.4 Å². The Morgan fingerprint density at radius 3 is 3.13 bits per heavy atom. The highest BCUT2D eigenvalue weighted by Gasteiger charge is 2.39. The molecule has 2 rings (SSSR count). The van der Waals surface area contributed by atoms with Crippen LogP contribution >= 0.6 is 11.3 Å². The van der Waals surface area contributed by atoms with Crippen LogP contribution in [-0.4, -0.2) is 35.7 Å². The van der Waals surface area contributed by atoms with Gasteiger partial charge in [-0.25, -0.2) is 4.79 Å². The molecule has 0 radical (unpaired) electrons. The topological polar surface area (TPSA) is 52.6 Å². The fourth-order valence-electron chi connectivity index (χ4n) is 2.00. The highest BCUT2D eigenvalue weighted by molar-refractivity contribution is 7.08. The van der Waals surface area contributed by atoms with Gasteiger partial charge in [0.2, 0.25) is 0 Å². The van der Waals surface area contributed by atoms with Gasteiger partial charge in [-0.2, -0.15) is 11.3 Å². The van der Waals surface area contributed by atoms with Crippen LogP contribution in [0, 0.1) is 0 Å². The van der Waals surface area contributed by atoms with Crippen molar-refractivity contribution in [3.63, 3.8) is 0 Å². The number of piperazine rings is 1. The third kappa shape index (κ3) is 1.72. The smallest absolute Gasteiger partial charge is 0.408 e. The van der Waals surface area contributed by atoms with E-state index in [0.29, 0.717) is 13.1 Å². The number of thiophene rings is 1. The molecule has 1 saturated heterocycles. The van der Waals surface area contributed by atoms with Crippen LogP contribution in [0.5, 0.6) is 0 Å². The molecule has 1 unspecified atom stereocenters. The Morgan fingerprint density at radius 2 is 2.53 bits per heavy atom. The van der Waals surface area contributed by atoms with Crippen molar-refractivity contribution in [1.29, 1.82) is 0 Å².